The third-order valence-corrected chi connectivity index (χ3v) is 2.32. The van der Waals surface area contributed by atoms with E-state index in [1.54, 1.807) is 6.92 Å². The van der Waals surface area contributed by atoms with Crippen molar-refractivity contribution in [1.29, 1.82) is 0 Å². The van der Waals surface area contributed by atoms with Gasteiger partial charge in [-0.3, -0.25) is 4.79 Å². The lowest BCUT2D eigenvalue weighted by molar-refractivity contribution is 0.0546. The van der Waals surface area contributed by atoms with Crippen LogP contribution >= 0.6 is 0 Å². The lowest BCUT2D eigenvalue weighted by Gasteiger charge is -2.25. The van der Waals surface area contributed by atoms with Crippen molar-refractivity contribution in [2.24, 2.45) is 5.41 Å². The van der Waals surface area contributed by atoms with Crippen LogP contribution in [0.4, 0.5) is 5.69 Å². The predicted octanol–water partition coefficient (Wildman–Crippen LogP) is -0.579. The molecule has 1 heterocycles. The Morgan fingerprint density at radius 2 is 2.00 bits per heavy atom. The molecule has 0 atom stereocenters. The van der Waals surface area contributed by atoms with Crippen molar-refractivity contribution in [1.82, 2.24) is 4.57 Å². The number of pyridine rings is 1. The van der Waals surface area contributed by atoms with Crippen LogP contribution in [-0.2, 0) is 6.54 Å². The Kier molecular flexibility index (Phi) is 3.49. The molecule has 0 unspecified atom stereocenters. The van der Waals surface area contributed by atoms with Gasteiger partial charge in [0.15, 0.2) is 0 Å². The molecule has 0 radical (unpaired) electrons. The van der Waals surface area contributed by atoms with Gasteiger partial charge in [0.05, 0.1) is 13.2 Å². The number of nitrogen functional groups attached to an aromatic ring is 1. The van der Waals surface area contributed by atoms with Gasteiger partial charge < -0.3 is 20.5 Å². The average Bonchev–Trinajstić information content (AvgIpc) is 2.23. The molecule has 1 rings (SSSR count). The smallest absolute Gasteiger partial charge is 0.250 e. The Bertz CT molecular complexity index is 382. The van der Waals surface area contributed by atoms with Crippen LogP contribution in [-0.4, -0.2) is 28.0 Å². The lowest BCUT2D eigenvalue weighted by Crippen LogP contribution is -2.35. The molecule has 0 saturated heterocycles. The standard InChI is InChI=1S/C10H16N2O3/c1-10(6-13,7-14)5-12-4-8(11)2-3-9(12)15/h2-4,13-14H,5-7,11H2,1H3. The SMILES string of the molecule is CC(CO)(CO)Cn1cc(N)ccc1=O. The molecule has 15 heavy (non-hydrogen) atoms. The monoisotopic (exact) mass is 212 g/mol. The molecule has 1 aromatic heterocycles. The highest BCUT2D eigenvalue weighted by molar-refractivity contribution is 5.33. The second-order valence-electron chi connectivity index (χ2n) is 4.06. The van der Waals surface area contributed by atoms with E-state index in [0.717, 1.165) is 0 Å². The van der Waals surface area contributed by atoms with Gasteiger partial charge in [0.25, 0.3) is 5.56 Å². The Hall–Kier alpha value is -1.33. The Morgan fingerprint density at radius 1 is 1.40 bits per heavy atom. The number of rotatable bonds is 4. The Balaban J connectivity index is 2.98. The van der Waals surface area contributed by atoms with E-state index in [2.05, 4.69) is 0 Å². The fourth-order valence-corrected chi connectivity index (χ4v) is 1.23. The number of anilines is 1. The van der Waals surface area contributed by atoms with E-state index >= 15 is 0 Å². The van der Waals surface area contributed by atoms with Gasteiger partial charge in [-0.05, 0) is 6.07 Å². The first-order valence-electron chi connectivity index (χ1n) is 4.68. The molecule has 5 nitrogen and oxygen atoms in total. The quantitative estimate of drug-likeness (QED) is 0.623. The van der Waals surface area contributed by atoms with E-state index in [-0.39, 0.29) is 25.3 Å². The molecule has 0 aliphatic rings. The van der Waals surface area contributed by atoms with Crippen molar-refractivity contribution in [3.05, 3.63) is 28.7 Å². The van der Waals surface area contributed by atoms with Crippen LogP contribution in [0, 0.1) is 5.41 Å². The van der Waals surface area contributed by atoms with Gasteiger partial charge in [-0.25, -0.2) is 0 Å². The van der Waals surface area contributed by atoms with Crippen LogP contribution in [0.1, 0.15) is 6.92 Å². The Morgan fingerprint density at radius 3 is 2.53 bits per heavy atom. The molecule has 0 spiro atoms. The maximum absolute atomic E-state index is 11.4. The zero-order valence-corrected chi connectivity index (χ0v) is 8.68. The summed E-state index contributed by atoms with van der Waals surface area (Å²) in [4.78, 5) is 11.4. The average molecular weight is 212 g/mol. The van der Waals surface area contributed by atoms with Crippen LogP contribution in [0.15, 0.2) is 23.1 Å². The number of nitrogens with zero attached hydrogens (tertiary/aromatic N) is 1. The second-order valence-corrected chi connectivity index (χ2v) is 4.06. The highest BCUT2D eigenvalue weighted by Crippen LogP contribution is 2.16. The largest absolute Gasteiger partial charge is 0.398 e. The van der Waals surface area contributed by atoms with Crippen LogP contribution in [0.3, 0.4) is 0 Å². The first-order chi connectivity index (χ1) is 7.00. The van der Waals surface area contributed by atoms with E-state index in [1.165, 1.54) is 22.9 Å². The third kappa shape index (κ3) is 2.81. The van der Waals surface area contributed by atoms with Gasteiger partial charge in [-0.1, -0.05) is 6.92 Å². The lowest BCUT2D eigenvalue weighted by atomic mass is 9.93. The molecule has 4 N–H and O–H groups in total. The fraction of sp³-hybridized carbons (Fsp3) is 0.500. The normalized spacial score (nSPS) is 11.7. The molecule has 0 aliphatic heterocycles. The van der Waals surface area contributed by atoms with Crippen molar-refractivity contribution in [2.45, 2.75) is 13.5 Å². The topological polar surface area (TPSA) is 88.5 Å². The minimum atomic E-state index is -0.711. The van der Waals surface area contributed by atoms with Crippen molar-refractivity contribution >= 4 is 5.69 Å². The molecule has 0 aliphatic carbocycles. The van der Waals surface area contributed by atoms with Crippen LogP contribution in [0.2, 0.25) is 0 Å². The summed E-state index contributed by atoms with van der Waals surface area (Å²) in [6, 6.07) is 2.89. The maximum atomic E-state index is 11.4. The van der Waals surface area contributed by atoms with Crippen molar-refractivity contribution in [3.63, 3.8) is 0 Å². The van der Waals surface area contributed by atoms with E-state index < -0.39 is 5.41 Å². The molecule has 0 fully saturated rings. The predicted molar refractivity (Wildman–Crippen MR) is 57.4 cm³/mol. The molecule has 0 aromatic carbocycles. The zero-order chi connectivity index (χ0) is 11.5. The fourth-order valence-electron chi connectivity index (χ4n) is 1.23. The summed E-state index contributed by atoms with van der Waals surface area (Å²) in [5.74, 6) is 0. The van der Waals surface area contributed by atoms with Gasteiger partial charge in [-0.2, -0.15) is 0 Å². The highest BCUT2D eigenvalue weighted by atomic mass is 16.3. The van der Waals surface area contributed by atoms with E-state index in [9.17, 15) is 4.79 Å². The molecular formula is C10H16N2O3. The second kappa shape index (κ2) is 4.46. The summed E-state index contributed by atoms with van der Waals surface area (Å²) in [5.41, 5.74) is 5.12. The van der Waals surface area contributed by atoms with Gasteiger partial charge in [0.2, 0.25) is 0 Å². The molecule has 1 aromatic rings. The van der Waals surface area contributed by atoms with Gasteiger partial charge in [0, 0.05) is 29.9 Å². The van der Waals surface area contributed by atoms with Crippen molar-refractivity contribution in [2.75, 3.05) is 18.9 Å². The summed E-state index contributed by atoms with van der Waals surface area (Å²) in [6.45, 7) is 1.56. The summed E-state index contributed by atoms with van der Waals surface area (Å²) in [6.07, 6.45) is 1.51. The van der Waals surface area contributed by atoms with Crippen LogP contribution in [0.5, 0.6) is 0 Å². The van der Waals surface area contributed by atoms with Crippen molar-refractivity contribution in [3.8, 4) is 0 Å². The molecule has 0 saturated carbocycles. The Labute approximate surface area is 87.8 Å². The molecular weight excluding hydrogens is 196 g/mol. The van der Waals surface area contributed by atoms with Gasteiger partial charge in [-0.15, -0.1) is 0 Å². The van der Waals surface area contributed by atoms with E-state index in [1.807, 2.05) is 0 Å². The number of aliphatic hydroxyl groups excluding tert-OH is 2. The number of aliphatic hydroxyl groups is 2. The maximum Gasteiger partial charge on any atom is 0.250 e. The van der Waals surface area contributed by atoms with Crippen LogP contribution < -0.4 is 11.3 Å². The summed E-state index contributed by atoms with van der Waals surface area (Å²) in [5, 5.41) is 18.2. The first kappa shape index (κ1) is 11.7. The van der Waals surface area contributed by atoms with Gasteiger partial charge >= 0.3 is 0 Å². The summed E-state index contributed by atoms with van der Waals surface area (Å²) < 4.78 is 1.39. The number of nitrogens with two attached hydrogens (primary N) is 1. The third-order valence-electron chi connectivity index (χ3n) is 2.32. The number of aromatic nitrogens is 1. The van der Waals surface area contributed by atoms with Crippen molar-refractivity contribution < 1.29 is 10.2 Å². The highest BCUT2D eigenvalue weighted by Gasteiger charge is 2.23. The molecule has 0 amide bonds. The summed E-state index contributed by atoms with van der Waals surface area (Å²) >= 11 is 0. The minimum Gasteiger partial charge on any atom is -0.398 e. The van der Waals surface area contributed by atoms with Gasteiger partial charge in [0.1, 0.15) is 0 Å². The van der Waals surface area contributed by atoms with E-state index in [0.29, 0.717) is 5.69 Å². The molecule has 0 bridgehead atoms. The first-order valence-corrected chi connectivity index (χ1v) is 4.68. The summed E-state index contributed by atoms with van der Waals surface area (Å²) in [7, 11) is 0. The zero-order valence-electron chi connectivity index (χ0n) is 8.68. The number of hydrogen-bond donors (Lipinski definition) is 3. The van der Waals surface area contributed by atoms with Crippen LogP contribution in [0.25, 0.3) is 0 Å². The number of hydrogen-bond acceptors (Lipinski definition) is 4. The minimum absolute atomic E-state index is 0.190. The molecule has 84 valence electrons. The molecule has 5 heteroatoms. The van der Waals surface area contributed by atoms with E-state index in [4.69, 9.17) is 15.9 Å².